The Labute approximate surface area is 325 Å². The first kappa shape index (κ1) is 31.5. The number of nitrogens with zero attached hydrogens (tertiary/aromatic N) is 4. The van der Waals surface area contributed by atoms with Gasteiger partial charge in [0.1, 0.15) is 22.3 Å². The zero-order valence-electron chi connectivity index (χ0n) is 30.4. The van der Waals surface area contributed by atoms with E-state index in [2.05, 4.69) is 114 Å². The molecule has 4 heterocycles. The predicted octanol–water partition coefficient (Wildman–Crippen LogP) is 13.4. The van der Waals surface area contributed by atoms with E-state index in [9.17, 15) is 0 Å². The van der Waals surface area contributed by atoms with E-state index in [1.807, 2.05) is 72.8 Å². The molecule has 4 aromatic heterocycles. The van der Waals surface area contributed by atoms with Gasteiger partial charge in [-0.25, -0.2) is 15.0 Å². The maximum Gasteiger partial charge on any atom is 0.167 e. The minimum atomic E-state index is 0.560. The minimum Gasteiger partial charge on any atom is -0.456 e. The van der Waals surface area contributed by atoms with Crippen molar-refractivity contribution in [1.82, 2.24) is 19.5 Å². The fourth-order valence-corrected chi connectivity index (χ4v) is 8.37. The Morgan fingerprint density at radius 3 is 1.46 bits per heavy atom. The summed E-state index contributed by atoms with van der Waals surface area (Å²) < 4.78 is 15.4. The molecule has 0 aliphatic rings. The van der Waals surface area contributed by atoms with Gasteiger partial charge in [-0.05, 0) is 71.8 Å². The third-order valence-corrected chi connectivity index (χ3v) is 11.1. The monoisotopic (exact) mass is 730 g/mol. The number of furan rings is 2. The van der Waals surface area contributed by atoms with Crippen LogP contribution >= 0.6 is 0 Å². The van der Waals surface area contributed by atoms with E-state index in [0.717, 1.165) is 77.4 Å². The van der Waals surface area contributed by atoms with Gasteiger partial charge in [-0.15, -0.1) is 0 Å². The second kappa shape index (κ2) is 12.3. The van der Waals surface area contributed by atoms with Crippen molar-refractivity contribution in [2.45, 2.75) is 0 Å². The Hall–Kier alpha value is -7.83. The Bertz CT molecular complexity index is 3410. The van der Waals surface area contributed by atoms with Crippen molar-refractivity contribution < 1.29 is 8.83 Å². The molecular formula is C51H30N4O2. The predicted molar refractivity (Wildman–Crippen MR) is 230 cm³/mol. The molecule has 0 atom stereocenters. The molecule has 12 rings (SSSR count). The fourth-order valence-electron chi connectivity index (χ4n) is 8.37. The van der Waals surface area contributed by atoms with E-state index >= 15 is 0 Å². The van der Waals surface area contributed by atoms with Crippen LogP contribution < -0.4 is 0 Å². The lowest BCUT2D eigenvalue weighted by Crippen LogP contribution is -2.00. The number of fused-ring (bicyclic) bond motifs is 9. The quantitative estimate of drug-likeness (QED) is 0.176. The van der Waals surface area contributed by atoms with E-state index in [1.54, 1.807) is 0 Å². The highest BCUT2D eigenvalue weighted by Crippen LogP contribution is 2.40. The van der Waals surface area contributed by atoms with Crippen molar-refractivity contribution in [3.8, 4) is 51.0 Å². The molecule has 0 fully saturated rings. The summed E-state index contributed by atoms with van der Waals surface area (Å²) in [7, 11) is 0. The molecule has 6 nitrogen and oxygen atoms in total. The zero-order valence-corrected chi connectivity index (χ0v) is 30.4. The van der Waals surface area contributed by atoms with Gasteiger partial charge in [0, 0.05) is 49.1 Å². The Kier molecular flexibility index (Phi) is 6.83. The van der Waals surface area contributed by atoms with Gasteiger partial charge < -0.3 is 13.4 Å². The van der Waals surface area contributed by atoms with Crippen LogP contribution in [0, 0.1) is 0 Å². The van der Waals surface area contributed by atoms with E-state index in [-0.39, 0.29) is 0 Å². The molecule has 6 heteroatoms. The molecule has 8 aromatic carbocycles. The third-order valence-electron chi connectivity index (χ3n) is 11.1. The summed E-state index contributed by atoms with van der Waals surface area (Å²) in [5.41, 5.74) is 11.5. The van der Waals surface area contributed by atoms with Gasteiger partial charge in [-0.3, -0.25) is 0 Å². The number of rotatable bonds is 5. The second-order valence-electron chi connectivity index (χ2n) is 14.4. The van der Waals surface area contributed by atoms with Gasteiger partial charge in [0.25, 0.3) is 0 Å². The van der Waals surface area contributed by atoms with Crippen molar-refractivity contribution in [3.63, 3.8) is 0 Å². The van der Waals surface area contributed by atoms with Crippen LogP contribution in [0.3, 0.4) is 0 Å². The van der Waals surface area contributed by atoms with Crippen molar-refractivity contribution in [1.29, 1.82) is 0 Å². The lowest BCUT2D eigenvalue weighted by Gasteiger charge is -2.08. The largest absolute Gasteiger partial charge is 0.456 e. The highest BCUT2D eigenvalue weighted by molar-refractivity contribution is 6.12. The average molecular weight is 731 g/mol. The van der Waals surface area contributed by atoms with Gasteiger partial charge in [-0.2, -0.15) is 0 Å². The van der Waals surface area contributed by atoms with Crippen molar-refractivity contribution >= 4 is 65.7 Å². The van der Waals surface area contributed by atoms with Crippen LogP contribution in [-0.4, -0.2) is 19.5 Å². The number of para-hydroxylation sites is 3. The van der Waals surface area contributed by atoms with Crippen molar-refractivity contribution in [2.24, 2.45) is 0 Å². The average Bonchev–Trinajstić information content (AvgIpc) is 3.95. The summed E-state index contributed by atoms with van der Waals surface area (Å²) in [5.74, 6) is 1.78. The van der Waals surface area contributed by atoms with Crippen LogP contribution in [0.2, 0.25) is 0 Å². The summed E-state index contributed by atoms with van der Waals surface area (Å²) in [6.45, 7) is 0. The molecule has 0 bridgehead atoms. The summed E-state index contributed by atoms with van der Waals surface area (Å²) in [6, 6.07) is 62.8. The molecule has 0 unspecified atom stereocenters. The number of benzene rings is 8. The number of aromatic nitrogens is 4. The molecule has 57 heavy (non-hydrogen) atoms. The smallest absolute Gasteiger partial charge is 0.167 e. The van der Waals surface area contributed by atoms with Crippen LogP contribution in [0.5, 0.6) is 0 Å². The number of hydrogen-bond acceptors (Lipinski definition) is 5. The maximum absolute atomic E-state index is 6.63. The van der Waals surface area contributed by atoms with Gasteiger partial charge in [0.15, 0.2) is 17.5 Å². The van der Waals surface area contributed by atoms with Crippen LogP contribution in [0.4, 0.5) is 0 Å². The molecule has 0 aliphatic carbocycles. The normalized spacial score (nSPS) is 11.9. The van der Waals surface area contributed by atoms with Crippen molar-refractivity contribution in [2.75, 3.05) is 0 Å². The topological polar surface area (TPSA) is 69.9 Å². The summed E-state index contributed by atoms with van der Waals surface area (Å²) in [5, 5.41) is 6.65. The lowest BCUT2D eigenvalue weighted by molar-refractivity contribution is 0.668. The molecule has 0 radical (unpaired) electrons. The minimum absolute atomic E-state index is 0.560. The SMILES string of the molecule is c1ccc(-c2nc(-c3ccccc3)nc(-c3cccc4c3oc3ccc(-c5ccc6oc7ccc(-n8c9ccccc9c9ccccc98)cc7c6c5)cc34)n2)cc1. The first-order valence-electron chi connectivity index (χ1n) is 19.0. The highest BCUT2D eigenvalue weighted by atomic mass is 16.3. The molecule has 0 spiro atoms. The van der Waals surface area contributed by atoms with Gasteiger partial charge in [-0.1, -0.05) is 121 Å². The standard InChI is InChI=1S/C51H30N4O2/c1-3-12-31(13-4-1)49-52-50(32-14-5-2-6-15-32)54-51(53-49)39-19-11-18-38-40-28-33(23-26-47(40)57-48(38)39)34-22-25-45-41(29-34)42-30-35(24-27-46(42)56-45)55-43-20-9-7-16-36(43)37-17-8-10-21-44(37)55/h1-30H. The van der Waals surface area contributed by atoms with Crippen LogP contribution in [0.25, 0.3) is 117 Å². The van der Waals surface area contributed by atoms with Gasteiger partial charge in [0.2, 0.25) is 0 Å². The summed E-state index contributed by atoms with van der Waals surface area (Å²) in [6.07, 6.45) is 0. The molecule has 0 N–H and O–H groups in total. The van der Waals surface area contributed by atoms with Crippen LogP contribution in [0.15, 0.2) is 191 Å². The van der Waals surface area contributed by atoms with E-state index in [4.69, 9.17) is 23.8 Å². The molecule has 0 aliphatic heterocycles. The van der Waals surface area contributed by atoms with Crippen LogP contribution in [-0.2, 0) is 0 Å². The second-order valence-corrected chi connectivity index (χ2v) is 14.4. The van der Waals surface area contributed by atoms with E-state index in [0.29, 0.717) is 17.5 Å². The summed E-state index contributed by atoms with van der Waals surface area (Å²) >= 11 is 0. The van der Waals surface area contributed by atoms with Gasteiger partial charge >= 0.3 is 0 Å². The van der Waals surface area contributed by atoms with Crippen molar-refractivity contribution in [3.05, 3.63) is 182 Å². The van der Waals surface area contributed by atoms with Gasteiger partial charge in [0.05, 0.1) is 16.6 Å². The zero-order chi connectivity index (χ0) is 37.5. The molecule has 0 saturated heterocycles. The molecule has 0 saturated carbocycles. The number of hydrogen-bond donors (Lipinski definition) is 0. The lowest BCUT2D eigenvalue weighted by atomic mass is 10.00. The maximum atomic E-state index is 6.63. The first-order chi connectivity index (χ1) is 28.2. The molecule has 266 valence electrons. The van der Waals surface area contributed by atoms with E-state index < -0.39 is 0 Å². The molecular weight excluding hydrogens is 701 g/mol. The third kappa shape index (κ3) is 5.01. The van der Waals surface area contributed by atoms with E-state index in [1.165, 1.54) is 21.8 Å². The molecule has 12 aromatic rings. The summed E-state index contributed by atoms with van der Waals surface area (Å²) in [4.78, 5) is 14.9. The Morgan fingerprint density at radius 1 is 0.333 bits per heavy atom. The van der Waals surface area contributed by atoms with Crippen LogP contribution in [0.1, 0.15) is 0 Å². The fraction of sp³-hybridized carbons (Fsp3) is 0. The Balaban J connectivity index is 0.983. The highest BCUT2D eigenvalue weighted by Gasteiger charge is 2.19. The molecule has 0 amide bonds. The Morgan fingerprint density at radius 2 is 0.825 bits per heavy atom. The first-order valence-corrected chi connectivity index (χ1v) is 19.0.